The quantitative estimate of drug-likeness (QED) is 0.756. The first-order valence-corrected chi connectivity index (χ1v) is 8.79. The number of rotatable bonds is 7. The molecular formula is C17H23NO3S. The smallest absolute Gasteiger partial charge is 0.311 e. The van der Waals surface area contributed by atoms with Crippen LogP contribution < -0.4 is 5.32 Å². The SMILES string of the molecule is O=C(CCSc1ccccc1)NCC1(C(=O)O)CCCCC1. The number of amides is 1. The van der Waals surface area contributed by atoms with Gasteiger partial charge in [0.05, 0.1) is 5.41 Å². The molecule has 1 fully saturated rings. The standard InChI is InChI=1S/C17H23NO3S/c19-15(9-12-22-14-7-3-1-4-8-14)18-13-17(16(20)21)10-5-2-6-11-17/h1,3-4,7-8H,2,5-6,9-13H2,(H,18,19)(H,20,21). The highest BCUT2D eigenvalue weighted by Crippen LogP contribution is 2.36. The molecule has 1 aromatic rings. The van der Waals surface area contributed by atoms with E-state index in [2.05, 4.69) is 5.32 Å². The van der Waals surface area contributed by atoms with Crippen LogP contribution in [0.2, 0.25) is 0 Å². The second kappa shape index (κ2) is 8.22. The fraction of sp³-hybridized carbons (Fsp3) is 0.529. The van der Waals surface area contributed by atoms with Crippen molar-refractivity contribution in [2.24, 2.45) is 5.41 Å². The van der Waals surface area contributed by atoms with Gasteiger partial charge in [-0.3, -0.25) is 9.59 Å². The number of thioether (sulfide) groups is 1. The van der Waals surface area contributed by atoms with Crippen molar-refractivity contribution in [1.29, 1.82) is 0 Å². The summed E-state index contributed by atoms with van der Waals surface area (Å²) in [7, 11) is 0. The minimum Gasteiger partial charge on any atom is -0.481 e. The van der Waals surface area contributed by atoms with Crippen LogP contribution in [0.25, 0.3) is 0 Å². The van der Waals surface area contributed by atoms with Gasteiger partial charge in [0, 0.05) is 23.6 Å². The van der Waals surface area contributed by atoms with Gasteiger partial charge < -0.3 is 10.4 Å². The maximum atomic E-state index is 11.9. The van der Waals surface area contributed by atoms with Crippen LogP contribution in [0.5, 0.6) is 0 Å². The first kappa shape index (κ1) is 16.9. The van der Waals surface area contributed by atoms with E-state index >= 15 is 0 Å². The molecule has 1 aromatic carbocycles. The van der Waals surface area contributed by atoms with Crippen LogP contribution in [-0.2, 0) is 9.59 Å². The van der Waals surface area contributed by atoms with Crippen LogP contribution in [0, 0.1) is 5.41 Å². The average molecular weight is 321 g/mol. The van der Waals surface area contributed by atoms with Crippen molar-refractivity contribution in [2.75, 3.05) is 12.3 Å². The van der Waals surface area contributed by atoms with Crippen molar-refractivity contribution in [1.82, 2.24) is 5.32 Å². The van der Waals surface area contributed by atoms with Gasteiger partial charge in [-0.2, -0.15) is 0 Å². The molecule has 0 spiro atoms. The molecule has 0 aliphatic heterocycles. The van der Waals surface area contributed by atoms with Crippen molar-refractivity contribution in [3.05, 3.63) is 30.3 Å². The molecule has 5 heteroatoms. The number of nitrogens with one attached hydrogen (secondary N) is 1. The van der Waals surface area contributed by atoms with Crippen LogP contribution >= 0.6 is 11.8 Å². The summed E-state index contributed by atoms with van der Waals surface area (Å²) in [6, 6.07) is 9.95. The molecular weight excluding hydrogens is 298 g/mol. The summed E-state index contributed by atoms with van der Waals surface area (Å²) in [5.74, 6) is -0.128. The van der Waals surface area contributed by atoms with Gasteiger partial charge in [0.15, 0.2) is 0 Å². The molecule has 0 aromatic heterocycles. The van der Waals surface area contributed by atoms with Gasteiger partial charge in [0.1, 0.15) is 0 Å². The van der Waals surface area contributed by atoms with Crippen molar-refractivity contribution in [3.8, 4) is 0 Å². The largest absolute Gasteiger partial charge is 0.481 e. The van der Waals surface area contributed by atoms with Crippen LogP contribution in [0.3, 0.4) is 0 Å². The summed E-state index contributed by atoms with van der Waals surface area (Å²) >= 11 is 1.64. The highest BCUT2D eigenvalue weighted by Gasteiger charge is 2.39. The predicted octanol–water partition coefficient (Wildman–Crippen LogP) is 3.32. The van der Waals surface area contributed by atoms with Gasteiger partial charge in [0.25, 0.3) is 0 Å². The topological polar surface area (TPSA) is 66.4 Å². The molecule has 0 atom stereocenters. The van der Waals surface area contributed by atoms with E-state index in [4.69, 9.17) is 0 Å². The molecule has 1 saturated carbocycles. The van der Waals surface area contributed by atoms with Crippen molar-refractivity contribution >= 4 is 23.6 Å². The van der Waals surface area contributed by atoms with E-state index < -0.39 is 11.4 Å². The van der Waals surface area contributed by atoms with Crippen LogP contribution in [0.1, 0.15) is 38.5 Å². The van der Waals surface area contributed by atoms with Crippen LogP contribution in [0.4, 0.5) is 0 Å². The minimum atomic E-state index is -0.772. The highest BCUT2D eigenvalue weighted by molar-refractivity contribution is 7.99. The van der Waals surface area contributed by atoms with Crippen molar-refractivity contribution in [3.63, 3.8) is 0 Å². The average Bonchev–Trinajstić information content (AvgIpc) is 2.55. The first-order valence-electron chi connectivity index (χ1n) is 7.80. The van der Waals surface area contributed by atoms with Gasteiger partial charge >= 0.3 is 5.97 Å². The molecule has 2 N–H and O–H groups in total. The normalized spacial score (nSPS) is 16.9. The predicted molar refractivity (Wildman–Crippen MR) is 87.9 cm³/mol. The second-order valence-corrected chi connectivity index (χ2v) is 7.00. The number of carboxylic acids is 1. The molecule has 4 nitrogen and oxygen atoms in total. The molecule has 0 bridgehead atoms. The third-order valence-electron chi connectivity index (χ3n) is 4.23. The molecule has 120 valence electrons. The summed E-state index contributed by atoms with van der Waals surface area (Å²) in [6.07, 6.45) is 4.72. The maximum absolute atomic E-state index is 11.9. The van der Waals surface area contributed by atoms with E-state index in [0.29, 0.717) is 25.0 Å². The molecule has 2 rings (SSSR count). The lowest BCUT2D eigenvalue weighted by molar-refractivity contribution is -0.151. The number of carbonyl (C=O) groups is 2. The fourth-order valence-electron chi connectivity index (χ4n) is 2.83. The monoisotopic (exact) mass is 321 g/mol. The Kier molecular flexibility index (Phi) is 6.31. The van der Waals surface area contributed by atoms with E-state index in [1.54, 1.807) is 11.8 Å². The number of carboxylic acid groups (broad SMARTS) is 1. The molecule has 0 unspecified atom stereocenters. The Hall–Kier alpha value is -1.49. The Morgan fingerprint density at radius 2 is 1.82 bits per heavy atom. The molecule has 22 heavy (non-hydrogen) atoms. The van der Waals surface area contributed by atoms with E-state index in [1.807, 2.05) is 30.3 Å². The van der Waals surface area contributed by atoms with Gasteiger partial charge in [-0.05, 0) is 25.0 Å². The second-order valence-electron chi connectivity index (χ2n) is 5.83. The van der Waals surface area contributed by atoms with Crippen molar-refractivity contribution in [2.45, 2.75) is 43.4 Å². The molecule has 0 heterocycles. The molecule has 1 aliphatic rings. The molecule has 0 radical (unpaired) electrons. The number of carbonyl (C=O) groups excluding carboxylic acids is 1. The summed E-state index contributed by atoms with van der Waals surface area (Å²) in [5, 5.41) is 12.3. The van der Waals surface area contributed by atoms with E-state index in [0.717, 1.165) is 24.2 Å². The Morgan fingerprint density at radius 1 is 1.14 bits per heavy atom. The van der Waals surface area contributed by atoms with Crippen LogP contribution in [0.15, 0.2) is 35.2 Å². The molecule has 0 saturated heterocycles. The maximum Gasteiger partial charge on any atom is 0.311 e. The molecule has 1 amide bonds. The van der Waals surface area contributed by atoms with Gasteiger partial charge in [0.2, 0.25) is 5.91 Å². The van der Waals surface area contributed by atoms with Gasteiger partial charge in [-0.1, -0.05) is 37.5 Å². The Bertz CT molecular complexity index is 498. The fourth-order valence-corrected chi connectivity index (χ4v) is 3.70. The van der Waals surface area contributed by atoms with E-state index in [1.165, 1.54) is 0 Å². The zero-order chi connectivity index (χ0) is 15.8. The number of hydrogen-bond donors (Lipinski definition) is 2. The van der Waals surface area contributed by atoms with Gasteiger partial charge in [-0.25, -0.2) is 0 Å². The Labute approximate surface area is 135 Å². The lowest BCUT2D eigenvalue weighted by Gasteiger charge is -2.33. The van der Waals surface area contributed by atoms with E-state index in [-0.39, 0.29) is 12.5 Å². The zero-order valence-electron chi connectivity index (χ0n) is 12.7. The number of benzene rings is 1. The summed E-state index contributed by atoms with van der Waals surface area (Å²) in [5.41, 5.74) is -0.750. The third kappa shape index (κ3) is 4.77. The highest BCUT2D eigenvalue weighted by atomic mass is 32.2. The lowest BCUT2D eigenvalue weighted by Crippen LogP contribution is -2.44. The number of aliphatic carboxylic acids is 1. The van der Waals surface area contributed by atoms with Crippen LogP contribution in [-0.4, -0.2) is 29.3 Å². The zero-order valence-corrected chi connectivity index (χ0v) is 13.5. The summed E-state index contributed by atoms with van der Waals surface area (Å²) in [4.78, 5) is 24.6. The summed E-state index contributed by atoms with van der Waals surface area (Å²) < 4.78 is 0. The Morgan fingerprint density at radius 3 is 2.45 bits per heavy atom. The minimum absolute atomic E-state index is 0.0605. The third-order valence-corrected chi connectivity index (χ3v) is 5.24. The molecule has 1 aliphatic carbocycles. The van der Waals surface area contributed by atoms with E-state index in [9.17, 15) is 14.7 Å². The lowest BCUT2D eigenvalue weighted by atomic mass is 9.74. The first-order chi connectivity index (χ1) is 10.6. The van der Waals surface area contributed by atoms with Crippen molar-refractivity contribution < 1.29 is 14.7 Å². The Balaban J connectivity index is 1.73. The number of hydrogen-bond acceptors (Lipinski definition) is 3. The van der Waals surface area contributed by atoms with Gasteiger partial charge in [-0.15, -0.1) is 11.8 Å². The summed E-state index contributed by atoms with van der Waals surface area (Å²) in [6.45, 7) is 0.261.